The summed E-state index contributed by atoms with van der Waals surface area (Å²) in [7, 11) is -2.69. The highest BCUT2D eigenvalue weighted by Gasteiger charge is 2.28. The average molecular weight is 503 g/mol. The van der Waals surface area contributed by atoms with Crippen molar-refractivity contribution in [3.8, 4) is 5.75 Å². The molecule has 3 rings (SSSR count). The molecule has 0 fully saturated rings. The van der Waals surface area contributed by atoms with E-state index in [1.165, 1.54) is 49.6 Å². The van der Waals surface area contributed by atoms with Gasteiger partial charge < -0.3 is 14.8 Å². The molecule has 0 aromatic heterocycles. The average Bonchev–Trinajstić information content (AvgIpc) is 2.83. The third kappa shape index (κ3) is 5.67. The minimum Gasteiger partial charge on any atom is -0.495 e. The minimum atomic E-state index is -4.13. The van der Waals surface area contributed by atoms with Crippen LogP contribution in [0.5, 0.6) is 5.75 Å². The summed E-state index contributed by atoms with van der Waals surface area (Å²) >= 11 is 6.22. The molecule has 0 heterocycles. The van der Waals surface area contributed by atoms with Crippen molar-refractivity contribution < 1.29 is 27.5 Å². The molecule has 1 amide bonds. The number of nitrogens with one attached hydrogen (secondary N) is 1. The number of hydrogen-bond donors (Lipinski definition) is 1. The number of halogens is 1. The number of para-hydroxylation sites is 1. The van der Waals surface area contributed by atoms with Gasteiger partial charge >= 0.3 is 5.97 Å². The highest BCUT2D eigenvalue weighted by Crippen LogP contribution is 2.32. The number of nitrogens with zero attached hydrogens (tertiary/aromatic N) is 1. The summed E-state index contributed by atoms with van der Waals surface area (Å²) in [5, 5.41) is 2.79. The van der Waals surface area contributed by atoms with E-state index in [-0.39, 0.29) is 33.5 Å². The molecule has 0 saturated carbocycles. The third-order valence-corrected chi connectivity index (χ3v) is 6.82. The molecule has 3 aromatic rings. The molecule has 34 heavy (non-hydrogen) atoms. The van der Waals surface area contributed by atoms with Crippen LogP contribution in [-0.4, -0.2) is 40.6 Å². The smallest absolute Gasteiger partial charge is 0.340 e. The van der Waals surface area contributed by atoms with Gasteiger partial charge in [-0.05, 0) is 49.4 Å². The van der Waals surface area contributed by atoms with Crippen LogP contribution in [0.15, 0.2) is 77.7 Å². The van der Waals surface area contributed by atoms with Gasteiger partial charge in [-0.1, -0.05) is 41.9 Å². The zero-order valence-electron chi connectivity index (χ0n) is 18.5. The van der Waals surface area contributed by atoms with E-state index in [1.807, 2.05) is 0 Å². The first kappa shape index (κ1) is 25.1. The van der Waals surface area contributed by atoms with E-state index in [0.717, 1.165) is 4.31 Å². The van der Waals surface area contributed by atoms with E-state index < -0.39 is 28.4 Å². The number of methoxy groups -OCH3 is 1. The van der Waals surface area contributed by atoms with Crippen LogP contribution in [0.4, 0.5) is 11.4 Å². The molecular formula is C24H23ClN2O6S. The molecule has 3 aromatic carbocycles. The number of carbonyl (C=O) groups is 2. The van der Waals surface area contributed by atoms with Crippen LogP contribution in [0.25, 0.3) is 0 Å². The Hall–Kier alpha value is -3.56. The number of carbonyl (C=O) groups excluding carboxylic acids is 2. The molecule has 0 aliphatic heterocycles. The van der Waals surface area contributed by atoms with Gasteiger partial charge in [0.25, 0.3) is 10.0 Å². The summed E-state index contributed by atoms with van der Waals surface area (Å²) < 4.78 is 38.0. The number of sulfonamides is 1. The van der Waals surface area contributed by atoms with Crippen LogP contribution in [-0.2, 0) is 19.6 Å². The van der Waals surface area contributed by atoms with Gasteiger partial charge in [-0.25, -0.2) is 13.2 Å². The van der Waals surface area contributed by atoms with Crippen molar-refractivity contribution in [2.24, 2.45) is 0 Å². The maximum atomic E-state index is 13.4. The van der Waals surface area contributed by atoms with E-state index in [2.05, 4.69) is 5.32 Å². The summed E-state index contributed by atoms with van der Waals surface area (Å²) in [4.78, 5) is 25.2. The Kier molecular flexibility index (Phi) is 8.14. The van der Waals surface area contributed by atoms with Gasteiger partial charge in [0.1, 0.15) is 12.3 Å². The predicted molar refractivity (Wildman–Crippen MR) is 130 cm³/mol. The Bertz CT molecular complexity index is 1280. The van der Waals surface area contributed by atoms with Gasteiger partial charge in [0.15, 0.2) is 0 Å². The lowest BCUT2D eigenvalue weighted by Crippen LogP contribution is -2.38. The first-order chi connectivity index (χ1) is 16.3. The van der Waals surface area contributed by atoms with Gasteiger partial charge in [-0.2, -0.15) is 0 Å². The number of amides is 1. The normalized spacial score (nSPS) is 10.9. The standard InChI is InChI=1S/C24H23ClN2O6S/c1-3-33-24(29)19-11-7-8-12-21(19)26-23(28)16-27(17-13-14-22(32-2)20(25)15-17)34(30,31)18-9-5-4-6-10-18/h4-15H,3,16H2,1-2H3,(H,26,28). The second kappa shape index (κ2) is 11.0. The molecule has 0 aliphatic rings. The second-order valence-corrected chi connectivity index (χ2v) is 9.23. The number of ether oxygens (including phenoxy) is 2. The fourth-order valence-corrected chi connectivity index (χ4v) is 4.83. The summed E-state index contributed by atoms with van der Waals surface area (Å²) in [5.74, 6) is -0.910. The van der Waals surface area contributed by atoms with Crippen LogP contribution in [0.3, 0.4) is 0 Å². The van der Waals surface area contributed by atoms with E-state index in [1.54, 1.807) is 37.3 Å². The van der Waals surface area contributed by atoms with Crippen molar-refractivity contribution in [2.75, 3.05) is 29.9 Å². The molecule has 0 unspecified atom stereocenters. The molecule has 0 spiro atoms. The topological polar surface area (TPSA) is 102 Å². The van der Waals surface area contributed by atoms with E-state index >= 15 is 0 Å². The lowest BCUT2D eigenvalue weighted by Gasteiger charge is -2.25. The zero-order valence-corrected chi connectivity index (χ0v) is 20.1. The van der Waals surface area contributed by atoms with E-state index in [4.69, 9.17) is 21.1 Å². The van der Waals surface area contributed by atoms with Crippen LogP contribution < -0.4 is 14.4 Å². The molecule has 8 nitrogen and oxygen atoms in total. The maximum Gasteiger partial charge on any atom is 0.340 e. The summed E-state index contributed by atoms with van der Waals surface area (Å²) in [6.45, 7) is 1.27. The summed E-state index contributed by atoms with van der Waals surface area (Å²) in [6.07, 6.45) is 0. The van der Waals surface area contributed by atoms with Crippen LogP contribution >= 0.6 is 11.6 Å². The number of hydrogen-bond acceptors (Lipinski definition) is 6. The van der Waals surface area contributed by atoms with Crippen molar-refractivity contribution in [3.05, 3.63) is 83.4 Å². The Morgan fingerprint density at radius 1 is 1.00 bits per heavy atom. The minimum absolute atomic E-state index is 0.00154. The summed E-state index contributed by atoms with van der Waals surface area (Å²) in [6, 6.07) is 18.4. The third-order valence-electron chi connectivity index (χ3n) is 4.74. The lowest BCUT2D eigenvalue weighted by atomic mass is 10.2. The number of rotatable bonds is 9. The molecule has 0 radical (unpaired) electrons. The fraction of sp³-hybridized carbons (Fsp3) is 0.167. The summed E-state index contributed by atoms with van der Waals surface area (Å²) in [5.41, 5.74) is 0.530. The second-order valence-electron chi connectivity index (χ2n) is 6.96. The van der Waals surface area contributed by atoms with Gasteiger partial charge in [-0.15, -0.1) is 0 Å². The highest BCUT2D eigenvalue weighted by molar-refractivity contribution is 7.92. The van der Waals surface area contributed by atoms with Crippen LogP contribution in [0.1, 0.15) is 17.3 Å². The molecule has 0 atom stereocenters. The molecule has 0 bridgehead atoms. The van der Waals surface area contributed by atoms with Crippen LogP contribution in [0, 0.1) is 0 Å². The predicted octanol–water partition coefficient (Wildman–Crippen LogP) is 4.36. The van der Waals surface area contributed by atoms with Gasteiger partial charge in [0, 0.05) is 0 Å². The van der Waals surface area contributed by atoms with E-state index in [0.29, 0.717) is 5.75 Å². The van der Waals surface area contributed by atoms with E-state index in [9.17, 15) is 18.0 Å². The Morgan fingerprint density at radius 3 is 2.32 bits per heavy atom. The Balaban J connectivity index is 1.96. The first-order valence-corrected chi connectivity index (χ1v) is 12.1. The number of esters is 1. The first-order valence-electron chi connectivity index (χ1n) is 10.2. The lowest BCUT2D eigenvalue weighted by molar-refractivity contribution is -0.114. The molecule has 178 valence electrons. The number of anilines is 2. The molecule has 0 aliphatic carbocycles. The number of benzene rings is 3. The zero-order chi connectivity index (χ0) is 24.7. The van der Waals surface area contributed by atoms with Crippen molar-refractivity contribution in [1.29, 1.82) is 0 Å². The largest absolute Gasteiger partial charge is 0.495 e. The molecule has 0 saturated heterocycles. The Labute approximate surface area is 203 Å². The van der Waals surface area contributed by atoms with Crippen molar-refractivity contribution in [3.63, 3.8) is 0 Å². The quantitative estimate of drug-likeness (QED) is 0.436. The van der Waals surface area contributed by atoms with Gasteiger partial charge in [0.2, 0.25) is 5.91 Å². The molecular weight excluding hydrogens is 480 g/mol. The monoisotopic (exact) mass is 502 g/mol. The van der Waals surface area contributed by atoms with Crippen molar-refractivity contribution in [2.45, 2.75) is 11.8 Å². The van der Waals surface area contributed by atoms with Crippen LogP contribution in [0.2, 0.25) is 5.02 Å². The molecule has 10 heteroatoms. The van der Waals surface area contributed by atoms with Gasteiger partial charge in [-0.3, -0.25) is 9.10 Å². The maximum absolute atomic E-state index is 13.4. The van der Waals surface area contributed by atoms with Crippen molar-refractivity contribution >= 4 is 44.9 Å². The van der Waals surface area contributed by atoms with Crippen molar-refractivity contribution in [1.82, 2.24) is 0 Å². The fourth-order valence-electron chi connectivity index (χ4n) is 3.14. The molecule has 1 N–H and O–H groups in total. The Morgan fingerprint density at radius 2 is 1.68 bits per heavy atom. The highest BCUT2D eigenvalue weighted by atomic mass is 35.5. The SMILES string of the molecule is CCOC(=O)c1ccccc1NC(=O)CN(c1ccc(OC)c(Cl)c1)S(=O)(=O)c1ccccc1. The van der Waals surface area contributed by atoms with Gasteiger partial charge in [0.05, 0.1) is 40.6 Å².